The molecule has 6 heteroatoms. The second-order valence-electron chi connectivity index (χ2n) is 4.35. The SMILES string of the molecule is O=S(=O)(Cc1ccc(CO)cc1)Nc1cccc(I)c1. The minimum atomic E-state index is -3.44. The number of anilines is 1. The molecule has 0 fully saturated rings. The van der Waals surface area contributed by atoms with Gasteiger partial charge in [-0.3, -0.25) is 4.72 Å². The van der Waals surface area contributed by atoms with Crippen LogP contribution in [0.2, 0.25) is 0 Å². The standard InChI is InChI=1S/C14H14INO3S/c15-13-2-1-3-14(8-13)16-20(18,19)10-12-6-4-11(9-17)5-7-12/h1-8,16-17H,9-10H2. The fourth-order valence-electron chi connectivity index (χ4n) is 1.73. The van der Waals surface area contributed by atoms with E-state index in [9.17, 15) is 8.42 Å². The number of benzene rings is 2. The highest BCUT2D eigenvalue weighted by atomic mass is 127. The topological polar surface area (TPSA) is 66.4 Å². The zero-order chi connectivity index (χ0) is 14.6. The number of hydrogen-bond donors (Lipinski definition) is 2. The molecule has 2 rings (SSSR count). The molecular weight excluding hydrogens is 389 g/mol. The molecule has 0 spiro atoms. The van der Waals surface area contributed by atoms with Gasteiger partial charge < -0.3 is 5.11 Å². The Kier molecular flexibility index (Phi) is 5.00. The Balaban J connectivity index is 2.10. The van der Waals surface area contributed by atoms with Gasteiger partial charge in [0, 0.05) is 9.26 Å². The predicted molar refractivity (Wildman–Crippen MR) is 87.8 cm³/mol. The fraction of sp³-hybridized carbons (Fsp3) is 0.143. The molecule has 2 N–H and O–H groups in total. The molecule has 0 saturated carbocycles. The van der Waals surface area contributed by atoms with E-state index < -0.39 is 10.0 Å². The van der Waals surface area contributed by atoms with Crippen LogP contribution in [0.3, 0.4) is 0 Å². The number of rotatable bonds is 5. The van der Waals surface area contributed by atoms with Gasteiger partial charge in [0.05, 0.1) is 12.4 Å². The molecule has 0 atom stereocenters. The summed E-state index contributed by atoms with van der Waals surface area (Å²) in [6, 6.07) is 14.0. The molecule has 0 radical (unpaired) electrons. The van der Waals surface area contributed by atoms with Crippen LogP contribution in [0.4, 0.5) is 5.69 Å². The average Bonchev–Trinajstić information content (AvgIpc) is 2.38. The van der Waals surface area contributed by atoms with Crippen LogP contribution >= 0.6 is 22.6 Å². The maximum atomic E-state index is 12.1. The largest absolute Gasteiger partial charge is 0.392 e. The molecule has 20 heavy (non-hydrogen) atoms. The maximum Gasteiger partial charge on any atom is 0.236 e. The number of aliphatic hydroxyl groups is 1. The van der Waals surface area contributed by atoms with E-state index in [4.69, 9.17) is 5.11 Å². The lowest BCUT2D eigenvalue weighted by atomic mass is 10.2. The lowest BCUT2D eigenvalue weighted by Gasteiger charge is -2.08. The monoisotopic (exact) mass is 403 g/mol. The van der Waals surface area contributed by atoms with Crippen molar-refractivity contribution < 1.29 is 13.5 Å². The first-order valence-electron chi connectivity index (χ1n) is 5.93. The minimum Gasteiger partial charge on any atom is -0.392 e. The quantitative estimate of drug-likeness (QED) is 0.755. The van der Waals surface area contributed by atoms with E-state index in [1.54, 1.807) is 42.5 Å². The van der Waals surface area contributed by atoms with Crippen LogP contribution in [-0.2, 0) is 22.4 Å². The van der Waals surface area contributed by atoms with E-state index in [0.29, 0.717) is 11.3 Å². The summed E-state index contributed by atoms with van der Waals surface area (Å²) in [6.07, 6.45) is 0. The molecule has 2 aromatic carbocycles. The molecule has 0 aromatic heterocycles. The molecule has 0 aliphatic rings. The lowest BCUT2D eigenvalue weighted by Crippen LogP contribution is -2.15. The van der Waals surface area contributed by atoms with Crippen molar-refractivity contribution in [3.63, 3.8) is 0 Å². The Morgan fingerprint density at radius 1 is 1.05 bits per heavy atom. The molecule has 0 saturated heterocycles. The van der Waals surface area contributed by atoms with Crippen LogP contribution in [0.5, 0.6) is 0 Å². The Bertz CT molecular complexity index is 684. The summed E-state index contributed by atoms with van der Waals surface area (Å²) in [5.74, 6) is -0.0931. The molecule has 0 unspecified atom stereocenters. The van der Waals surface area contributed by atoms with Crippen LogP contribution in [0.15, 0.2) is 48.5 Å². The van der Waals surface area contributed by atoms with Crippen molar-refractivity contribution in [2.75, 3.05) is 4.72 Å². The number of halogens is 1. The van der Waals surface area contributed by atoms with Crippen LogP contribution in [-0.4, -0.2) is 13.5 Å². The summed E-state index contributed by atoms with van der Waals surface area (Å²) in [6.45, 7) is -0.0479. The van der Waals surface area contributed by atoms with E-state index in [2.05, 4.69) is 27.3 Å². The van der Waals surface area contributed by atoms with Gasteiger partial charge in [-0.25, -0.2) is 8.42 Å². The van der Waals surface area contributed by atoms with Crippen LogP contribution < -0.4 is 4.72 Å². The maximum absolute atomic E-state index is 12.1. The molecule has 0 bridgehead atoms. The first kappa shape index (κ1) is 15.3. The zero-order valence-electron chi connectivity index (χ0n) is 10.6. The predicted octanol–water partition coefficient (Wildman–Crippen LogP) is 2.73. The van der Waals surface area contributed by atoms with E-state index >= 15 is 0 Å². The average molecular weight is 403 g/mol. The van der Waals surface area contributed by atoms with E-state index in [-0.39, 0.29) is 12.4 Å². The van der Waals surface area contributed by atoms with Gasteiger partial charge in [0.25, 0.3) is 0 Å². The van der Waals surface area contributed by atoms with Crippen LogP contribution in [0.1, 0.15) is 11.1 Å². The molecular formula is C14H14INO3S. The van der Waals surface area contributed by atoms with Gasteiger partial charge in [-0.1, -0.05) is 30.3 Å². The van der Waals surface area contributed by atoms with E-state index in [1.165, 1.54) is 0 Å². The lowest BCUT2D eigenvalue weighted by molar-refractivity contribution is 0.282. The Labute approximate surface area is 132 Å². The second-order valence-corrected chi connectivity index (χ2v) is 7.31. The summed E-state index contributed by atoms with van der Waals surface area (Å²) < 4.78 is 27.7. The third kappa shape index (κ3) is 4.46. The van der Waals surface area contributed by atoms with Gasteiger partial charge in [0.2, 0.25) is 10.0 Å². The summed E-state index contributed by atoms with van der Waals surface area (Å²) in [5, 5.41) is 8.95. The van der Waals surface area contributed by atoms with Gasteiger partial charge in [-0.05, 0) is 51.9 Å². The number of hydrogen-bond acceptors (Lipinski definition) is 3. The van der Waals surface area contributed by atoms with Gasteiger partial charge >= 0.3 is 0 Å². The van der Waals surface area contributed by atoms with Crippen molar-refractivity contribution in [1.29, 1.82) is 0 Å². The molecule has 4 nitrogen and oxygen atoms in total. The van der Waals surface area contributed by atoms with Gasteiger partial charge in [0.15, 0.2) is 0 Å². The third-order valence-corrected chi connectivity index (χ3v) is 4.59. The minimum absolute atomic E-state index is 0.0479. The number of aliphatic hydroxyl groups excluding tert-OH is 1. The van der Waals surface area contributed by atoms with E-state index in [0.717, 1.165) is 9.13 Å². The first-order valence-corrected chi connectivity index (χ1v) is 8.66. The fourth-order valence-corrected chi connectivity index (χ4v) is 3.46. The van der Waals surface area contributed by atoms with Crippen molar-refractivity contribution in [1.82, 2.24) is 0 Å². The highest BCUT2D eigenvalue weighted by Crippen LogP contribution is 2.16. The van der Waals surface area contributed by atoms with Gasteiger partial charge in [0.1, 0.15) is 0 Å². The van der Waals surface area contributed by atoms with Crippen molar-refractivity contribution in [3.8, 4) is 0 Å². The molecule has 0 heterocycles. The highest BCUT2D eigenvalue weighted by Gasteiger charge is 2.11. The van der Waals surface area contributed by atoms with Crippen LogP contribution in [0, 0.1) is 3.57 Å². The molecule has 106 valence electrons. The van der Waals surface area contributed by atoms with E-state index in [1.807, 2.05) is 6.07 Å². The van der Waals surface area contributed by atoms with Crippen LogP contribution in [0.25, 0.3) is 0 Å². The smallest absolute Gasteiger partial charge is 0.236 e. The zero-order valence-corrected chi connectivity index (χ0v) is 13.6. The van der Waals surface area contributed by atoms with Crippen molar-refractivity contribution in [2.45, 2.75) is 12.4 Å². The summed E-state index contributed by atoms with van der Waals surface area (Å²) >= 11 is 2.13. The van der Waals surface area contributed by atoms with Gasteiger partial charge in [-0.15, -0.1) is 0 Å². The normalized spacial score (nSPS) is 11.3. The summed E-state index contributed by atoms with van der Waals surface area (Å²) in [5.41, 5.74) is 2.00. The van der Waals surface area contributed by atoms with Crippen molar-refractivity contribution in [2.24, 2.45) is 0 Å². The van der Waals surface area contributed by atoms with Gasteiger partial charge in [-0.2, -0.15) is 0 Å². The number of sulfonamides is 1. The molecule has 0 aliphatic heterocycles. The number of nitrogens with one attached hydrogen (secondary N) is 1. The highest BCUT2D eigenvalue weighted by molar-refractivity contribution is 14.1. The second kappa shape index (κ2) is 6.55. The third-order valence-electron chi connectivity index (χ3n) is 2.66. The molecule has 2 aromatic rings. The Hall–Kier alpha value is -1.12. The molecule has 0 aliphatic carbocycles. The molecule has 0 amide bonds. The summed E-state index contributed by atoms with van der Waals surface area (Å²) in [7, 11) is -3.44. The first-order chi connectivity index (χ1) is 9.48. The summed E-state index contributed by atoms with van der Waals surface area (Å²) in [4.78, 5) is 0. The van der Waals surface area contributed by atoms with Crippen molar-refractivity contribution >= 4 is 38.3 Å². The van der Waals surface area contributed by atoms with Crippen molar-refractivity contribution in [3.05, 3.63) is 63.2 Å². The Morgan fingerprint density at radius 3 is 2.30 bits per heavy atom. The Morgan fingerprint density at radius 2 is 1.70 bits per heavy atom.